The molecule has 0 saturated carbocycles. The van der Waals surface area contributed by atoms with Crippen molar-refractivity contribution in [2.75, 3.05) is 0 Å². The number of aryl methyl sites for hydroxylation is 3. The Balaban J connectivity index is 2.56. The fraction of sp³-hybridized carbons (Fsp3) is 0.188. The average Bonchev–Trinajstić information content (AvgIpc) is 2.26. The van der Waals surface area contributed by atoms with Crippen molar-refractivity contribution in [1.29, 1.82) is 0 Å². The second-order valence-corrected chi connectivity index (χ2v) is 5.13. The lowest BCUT2D eigenvalue weighted by molar-refractivity contribution is 0.103. The third kappa shape index (κ3) is 2.69. The molecule has 0 aromatic heterocycles. The van der Waals surface area contributed by atoms with Crippen molar-refractivity contribution < 1.29 is 9.18 Å². The van der Waals surface area contributed by atoms with Gasteiger partial charge >= 0.3 is 0 Å². The first-order valence-corrected chi connectivity index (χ1v) is 6.35. The Bertz CT molecular complexity index is 639. The molecule has 0 aliphatic heterocycles. The van der Waals surface area contributed by atoms with Crippen molar-refractivity contribution in [3.05, 3.63) is 69.0 Å². The van der Waals surface area contributed by atoms with E-state index < -0.39 is 5.82 Å². The number of hydrogen-bond donors (Lipinski definition) is 0. The van der Waals surface area contributed by atoms with E-state index in [-0.39, 0.29) is 10.8 Å². The molecule has 0 amide bonds. The van der Waals surface area contributed by atoms with Gasteiger partial charge < -0.3 is 0 Å². The van der Waals surface area contributed by atoms with Crippen LogP contribution in [0.25, 0.3) is 0 Å². The molecule has 0 atom stereocenters. The first-order chi connectivity index (χ1) is 8.90. The highest BCUT2D eigenvalue weighted by atomic mass is 35.5. The van der Waals surface area contributed by atoms with E-state index in [1.54, 1.807) is 0 Å². The lowest BCUT2D eigenvalue weighted by Gasteiger charge is -2.11. The zero-order valence-electron chi connectivity index (χ0n) is 11.1. The summed E-state index contributed by atoms with van der Waals surface area (Å²) in [5.41, 5.74) is 3.89. The molecule has 0 aliphatic rings. The Hall–Kier alpha value is -1.67. The maximum Gasteiger partial charge on any atom is 0.195 e. The van der Waals surface area contributed by atoms with Crippen molar-refractivity contribution in [2.24, 2.45) is 0 Å². The van der Waals surface area contributed by atoms with Crippen LogP contribution >= 0.6 is 11.6 Å². The van der Waals surface area contributed by atoms with E-state index in [0.29, 0.717) is 11.1 Å². The van der Waals surface area contributed by atoms with E-state index in [4.69, 9.17) is 11.6 Å². The fourth-order valence-corrected chi connectivity index (χ4v) is 2.60. The Morgan fingerprint density at radius 3 is 2.16 bits per heavy atom. The monoisotopic (exact) mass is 276 g/mol. The van der Waals surface area contributed by atoms with E-state index >= 15 is 0 Å². The highest BCUT2D eigenvalue weighted by Gasteiger charge is 2.17. The molecule has 2 aromatic rings. The van der Waals surface area contributed by atoms with Crippen LogP contribution in [0.2, 0.25) is 5.02 Å². The van der Waals surface area contributed by atoms with Crippen LogP contribution in [-0.2, 0) is 0 Å². The van der Waals surface area contributed by atoms with E-state index in [0.717, 1.165) is 22.8 Å². The van der Waals surface area contributed by atoms with Crippen LogP contribution in [0.4, 0.5) is 4.39 Å². The maximum absolute atomic E-state index is 13.0. The van der Waals surface area contributed by atoms with Crippen LogP contribution in [0.1, 0.15) is 32.6 Å². The number of carbonyl (C=O) groups is 1. The first-order valence-electron chi connectivity index (χ1n) is 5.97. The predicted octanol–water partition coefficient (Wildman–Crippen LogP) is 4.64. The molecule has 1 nitrogen and oxygen atoms in total. The Kier molecular flexibility index (Phi) is 3.72. The molecule has 19 heavy (non-hydrogen) atoms. The number of carbonyl (C=O) groups excluding carboxylic acids is 1. The normalized spacial score (nSPS) is 10.6. The third-order valence-electron chi connectivity index (χ3n) is 3.08. The van der Waals surface area contributed by atoms with Crippen molar-refractivity contribution in [2.45, 2.75) is 20.8 Å². The van der Waals surface area contributed by atoms with Crippen LogP contribution in [0, 0.1) is 26.6 Å². The van der Waals surface area contributed by atoms with Gasteiger partial charge in [-0.2, -0.15) is 0 Å². The van der Waals surface area contributed by atoms with Gasteiger partial charge in [0.1, 0.15) is 5.82 Å². The summed E-state index contributed by atoms with van der Waals surface area (Å²) in [6.45, 7) is 5.77. The Morgan fingerprint density at radius 2 is 1.63 bits per heavy atom. The van der Waals surface area contributed by atoms with Crippen LogP contribution in [0.15, 0.2) is 30.3 Å². The molecule has 0 fully saturated rings. The predicted molar refractivity (Wildman–Crippen MR) is 75.5 cm³/mol. The molecule has 0 bridgehead atoms. The molecule has 3 heteroatoms. The number of rotatable bonds is 2. The largest absolute Gasteiger partial charge is 0.289 e. The Morgan fingerprint density at radius 1 is 1.05 bits per heavy atom. The smallest absolute Gasteiger partial charge is 0.195 e. The van der Waals surface area contributed by atoms with Gasteiger partial charge in [-0.05, 0) is 50.1 Å². The highest BCUT2D eigenvalue weighted by Crippen LogP contribution is 2.25. The second-order valence-electron chi connectivity index (χ2n) is 4.73. The summed E-state index contributed by atoms with van der Waals surface area (Å²) in [6.07, 6.45) is 0. The van der Waals surface area contributed by atoms with E-state index in [2.05, 4.69) is 0 Å². The van der Waals surface area contributed by atoms with Crippen molar-refractivity contribution in [3.8, 4) is 0 Å². The van der Waals surface area contributed by atoms with Crippen molar-refractivity contribution in [1.82, 2.24) is 0 Å². The summed E-state index contributed by atoms with van der Waals surface area (Å²) in [5.74, 6) is -0.612. The zero-order chi connectivity index (χ0) is 14.2. The summed E-state index contributed by atoms with van der Waals surface area (Å²) in [7, 11) is 0. The first kappa shape index (κ1) is 13.8. The lowest BCUT2D eigenvalue weighted by atomic mass is 9.93. The third-order valence-corrected chi connectivity index (χ3v) is 3.39. The van der Waals surface area contributed by atoms with Crippen LogP contribution in [0.5, 0.6) is 0 Å². The number of ketones is 1. The fourth-order valence-electron chi connectivity index (χ4n) is 2.35. The summed E-state index contributed by atoms with van der Waals surface area (Å²) < 4.78 is 13.0. The molecule has 2 rings (SSSR count). The van der Waals surface area contributed by atoms with Crippen LogP contribution < -0.4 is 0 Å². The summed E-state index contributed by atoms with van der Waals surface area (Å²) in [6, 6.07) is 7.75. The van der Waals surface area contributed by atoms with Gasteiger partial charge in [0.05, 0.1) is 5.02 Å². The van der Waals surface area contributed by atoms with Crippen molar-refractivity contribution in [3.63, 3.8) is 0 Å². The number of halogens is 2. The number of hydrogen-bond acceptors (Lipinski definition) is 1. The van der Waals surface area contributed by atoms with Gasteiger partial charge in [0.25, 0.3) is 0 Å². The second kappa shape index (κ2) is 5.14. The van der Waals surface area contributed by atoms with E-state index in [9.17, 15) is 9.18 Å². The maximum atomic E-state index is 13.0. The Labute approximate surface area is 117 Å². The molecule has 2 aromatic carbocycles. The topological polar surface area (TPSA) is 17.1 Å². The highest BCUT2D eigenvalue weighted by molar-refractivity contribution is 6.35. The molecule has 0 saturated heterocycles. The molecule has 0 N–H and O–H groups in total. The van der Waals surface area contributed by atoms with Crippen molar-refractivity contribution >= 4 is 17.4 Å². The van der Waals surface area contributed by atoms with Gasteiger partial charge in [0.2, 0.25) is 0 Å². The minimum atomic E-state index is -0.445. The molecule has 0 unspecified atom stereocenters. The van der Waals surface area contributed by atoms with Crippen LogP contribution in [-0.4, -0.2) is 5.78 Å². The minimum absolute atomic E-state index is 0.143. The summed E-state index contributed by atoms with van der Waals surface area (Å²) in [4.78, 5) is 12.5. The van der Waals surface area contributed by atoms with E-state index in [1.165, 1.54) is 12.1 Å². The quantitative estimate of drug-likeness (QED) is 0.731. The van der Waals surface area contributed by atoms with Gasteiger partial charge in [-0.15, -0.1) is 0 Å². The summed E-state index contributed by atoms with van der Waals surface area (Å²) in [5, 5.41) is 0.143. The van der Waals surface area contributed by atoms with Crippen LogP contribution in [0.3, 0.4) is 0 Å². The molecule has 0 radical (unpaired) electrons. The number of benzene rings is 2. The standard InChI is InChI=1S/C16H14ClFO/c1-9-6-10(2)15(11(3)7-9)16(19)13-5-4-12(18)8-14(13)17/h4-8H,1-3H3. The molecule has 98 valence electrons. The molecule has 0 heterocycles. The van der Waals surface area contributed by atoms with Gasteiger partial charge in [0, 0.05) is 11.1 Å². The van der Waals surface area contributed by atoms with Gasteiger partial charge in [0.15, 0.2) is 5.78 Å². The molecule has 0 spiro atoms. The lowest BCUT2D eigenvalue weighted by Crippen LogP contribution is -2.07. The molecular formula is C16H14ClFO. The van der Waals surface area contributed by atoms with E-state index in [1.807, 2.05) is 32.9 Å². The van der Waals surface area contributed by atoms with Gasteiger partial charge in [-0.1, -0.05) is 29.3 Å². The van der Waals surface area contributed by atoms with Gasteiger partial charge in [-0.25, -0.2) is 4.39 Å². The minimum Gasteiger partial charge on any atom is -0.289 e. The molecular weight excluding hydrogens is 263 g/mol. The van der Waals surface area contributed by atoms with Gasteiger partial charge in [-0.3, -0.25) is 4.79 Å². The zero-order valence-corrected chi connectivity index (χ0v) is 11.8. The SMILES string of the molecule is Cc1cc(C)c(C(=O)c2ccc(F)cc2Cl)c(C)c1. The average molecular weight is 277 g/mol. The molecule has 0 aliphatic carbocycles. The summed E-state index contributed by atoms with van der Waals surface area (Å²) >= 11 is 5.95.